The Bertz CT molecular complexity index is 957. The fraction of sp³-hybridized carbons (Fsp3) is 0.304. The molecule has 0 aliphatic carbocycles. The third-order valence-electron chi connectivity index (χ3n) is 5.65. The molecule has 2 aliphatic rings. The van der Waals surface area contributed by atoms with Gasteiger partial charge in [0.1, 0.15) is 5.70 Å². The van der Waals surface area contributed by atoms with E-state index in [1.165, 1.54) is 4.90 Å². The first-order valence-corrected chi connectivity index (χ1v) is 10.0. The van der Waals surface area contributed by atoms with Crippen molar-refractivity contribution in [3.8, 4) is 0 Å². The van der Waals surface area contributed by atoms with E-state index in [1.54, 1.807) is 12.1 Å². The van der Waals surface area contributed by atoms with Gasteiger partial charge in [0.05, 0.1) is 11.3 Å². The molecule has 0 N–H and O–H groups in total. The quantitative estimate of drug-likeness (QED) is 0.710. The highest BCUT2D eigenvalue weighted by Crippen LogP contribution is 2.37. The lowest BCUT2D eigenvalue weighted by atomic mass is 9.97. The Kier molecular flexibility index (Phi) is 4.98. The van der Waals surface area contributed by atoms with Crippen LogP contribution in [0, 0.1) is 12.8 Å². The molecule has 0 radical (unpaired) electrons. The second-order valence-corrected chi connectivity index (χ2v) is 8.07. The zero-order valence-corrected chi connectivity index (χ0v) is 16.9. The molecule has 0 bridgehead atoms. The number of rotatable bonds is 3. The van der Waals surface area contributed by atoms with Crippen molar-refractivity contribution < 1.29 is 9.59 Å². The SMILES string of the molecule is Cc1ccccc1N1C(=O)C(c2ccc(Cl)cc2)=C(N2CCC(C)CC2)C1=O. The van der Waals surface area contributed by atoms with Crippen LogP contribution < -0.4 is 4.90 Å². The van der Waals surface area contributed by atoms with Crippen LogP contribution >= 0.6 is 11.6 Å². The molecular weight excluding hydrogens is 372 g/mol. The Balaban J connectivity index is 1.82. The van der Waals surface area contributed by atoms with Crippen molar-refractivity contribution >= 4 is 34.7 Å². The average Bonchev–Trinajstić information content (AvgIpc) is 2.94. The van der Waals surface area contributed by atoms with Gasteiger partial charge in [-0.15, -0.1) is 0 Å². The van der Waals surface area contributed by atoms with Crippen molar-refractivity contribution in [2.24, 2.45) is 5.92 Å². The van der Waals surface area contributed by atoms with E-state index in [4.69, 9.17) is 11.6 Å². The predicted octanol–water partition coefficient (Wildman–Crippen LogP) is 4.66. The first kappa shape index (κ1) is 18.8. The van der Waals surface area contributed by atoms with Crippen molar-refractivity contribution in [3.05, 3.63) is 70.4 Å². The highest BCUT2D eigenvalue weighted by molar-refractivity contribution is 6.45. The van der Waals surface area contributed by atoms with E-state index in [0.717, 1.165) is 37.1 Å². The monoisotopic (exact) mass is 394 g/mol. The molecule has 5 heteroatoms. The topological polar surface area (TPSA) is 40.6 Å². The fourth-order valence-electron chi connectivity index (χ4n) is 3.95. The number of anilines is 1. The van der Waals surface area contributed by atoms with E-state index >= 15 is 0 Å². The van der Waals surface area contributed by atoms with Gasteiger partial charge in [-0.3, -0.25) is 9.59 Å². The molecule has 28 heavy (non-hydrogen) atoms. The van der Waals surface area contributed by atoms with E-state index in [2.05, 4.69) is 11.8 Å². The Morgan fingerprint density at radius 3 is 2.21 bits per heavy atom. The molecular formula is C23H23ClN2O2. The first-order valence-electron chi connectivity index (χ1n) is 9.67. The Morgan fingerprint density at radius 1 is 0.929 bits per heavy atom. The van der Waals surface area contributed by atoms with Crippen molar-refractivity contribution in [3.63, 3.8) is 0 Å². The lowest BCUT2D eigenvalue weighted by Crippen LogP contribution is -2.38. The second-order valence-electron chi connectivity index (χ2n) is 7.63. The number of likely N-dealkylation sites (tertiary alicyclic amines) is 1. The van der Waals surface area contributed by atoms with Crippen molar-refractivity contribution in [2.45, 2.75) is 26.7 Å². The number of amides is 2. The van der Waals surface area contributed by atoms with Gasteiger partial charge in [0, 0.05) is 18.1 Å². The largest absolute Gasteiger partial charge is 0.366 e. The van der Waals surface area contributed by atoms with Crippen molar-refractivity contribution in [1.82, 2.24) is 4.90 Å². The Morgan fingerprint density at radius 2 is 1.57 bits per heavy atom. The smallest absolute Gasteiger partial charge is 0.282 e. The maximum absolute atomic E-state index is 13.5. The van der Waals surface area contributed by atoms with E-state index in [-0.39, 0.29) is 11.8 Å². The summed E-state index contributed by atoms with van der Waals surface area (Å²) in [5.74, 6) is 0.129. The number of nitrogens with zero attached hydrogens (tertiary/aromatic N) is 2. The number of aryl methyl sites for hydroxylation is 1. The third-order valence-corrected chi connectivity index (χ3v) is 5.90. The number of hydrogen-bond acceptors (Lipinski definition) is 3. The maximum Gasteiger partial charge on any atom is 0.282 e. The van der Waals surface area contributed by atoms with E-state index in [9.17, 15) is 9.59 Å². The maximum atomic E-state index is 13.5. The minimum absolute atomic E-state index is 0.237. The first-order chi connectivity index (χ1) is 13.5. The van der Waals surface area contributed by atoms with Crippen LogP contribution in [0.2, 0.25) is 5.02 Å². The van der Waals surface area contributed by atoms with E-state index in [1.807, 2.05) is 43.3 Å². The summed E-state index contributed by atoms with van der Waals surface area (Å²) in [5.41, 5.74) is 3.26. The van der Waals surface area contributed by atoms with Crippen LogP contribution in [0.3, 0.4) is 0 Å². The molecule has 1 saturated heterocycles. The van der Waals surface area contributed by atoms with Crippen molar-refractivity contribution in [2.75, 3.05) is 18.0 Å². The van der Waals surface area contributed by atoms with Gasteiger partial charge in [0.2, 0.25) is 0 Å². The molecule has 144 valence electrons. The van der Waals surface area contributed by atoms with Gasteiger partial charge in [-0.25, -0.2) is 4.90 Å². The summed E-state index contributed by atoms with van der Waals surface area (Å²) < 4.78 is 0. The van der Waals surface area contributed by atoms with Crippen LogP contribution in [-0.2, 0) is 9.59 Å². The molecule has 1 fully saturated rings. The standard InChI is InChI=1S/C23H23ClN2O2/c1-15-11-13-25(14-12-15)21-20(17-7-9-18(24)10-8-17)22(27)26(23(21)28)19-6-4-3-5-16(19)2/h3-10,15H,11-14H2,1-2H3. The average molecular weight is 395 g/mol. The number of benzene rings is 2. The summed E-state index contributed by atoms with van der Waals surface area (Å²) >= 11 is 6.04. The summed E-state index contributed by atoms with van der Waals surface area (Å²) in [4.78, 5) is 30.4. The van der Waals surface area contributed by atoms with Gasteiger partial charge in [0.15, 0.2) is 0 Å². The number of hydrogen-bond donors (Lipinski definition) is 0. The molecule has 2 heterocycles. The predicted molar refractivity (Wildman–Crippen MR) is 112 cm³/mol. The van der Waals surface area contributed by atoms with Gasteiger partial charge < -0.3 is 4.90 Å². The number of piperidine rings is 1. The second kappa shape index (κ2) is 7.44. The van der Waals surface area contributed by atoms with Gasteiger partial charge in [-0.2, -0.15) is 0 Å². The molecule has 4 nitrogen and oxygen atoms in total. The van der Waals surface area contributed by atoms with Gasteiger partial charge in [-0.05, 0) is 55.0 Å². The zero-order chi connectivity index (χ0) is 19.8. The van der Waals surface area contributed by atoms with Gasteiger partial charge in [-0.1, -0.05) is 48.9 Å². The number of imide groups is 1. The van der Waals surface area contributed by atoms with Crippen LogP contribution in [0.15, 0.2) is 54.2 Å². The lowest BCUT2D eigenvalue weighted by Gasteiger charge is -2.32. The summed E-state index contributed by atoms with van der Waals surface area (Å²) in [6, 6.07) is 14.6. The third kappa shape index (κ3) is 3.22. The molecule has 0 unspecified atom stereocenters. The summed E-state index contributed by atoms with van der Waals surface area (Å²) in [7, 11) is 0. The van der Waals surface area contributed by atoms with Crippen LogP contribution in [0.25, 0.3) is 5.57 Å². The number of para-hydroxylation sites is 1. The lowest BCUT2D eigenvalue weighted by molar-refractivity contribution is -0.120. The summed E-state index contributed by atoms with van der Waals surface area (Å²) in [6.07, 6.45) is 2.03. The number of carbonyl (C=O) groups excluding carboxylic acids is 2. The fourth-order valence-corrected chi connectivity index (χ4v) is 4.08. The number of carbonyl (C=O) groups is 2. The molecule has 0 atom stereocenters. The normalized spacial score (nSPS) is 18.4. The summed E-state index contributed by atoms with van der Waals surface area (Å²) in [6.45, 7) is 5.72. The highest BCUT2D eigenvalue weighted by atomic mass is 35.5. The van der Waals surface area contributed by atoms with E-state index in [0.29, 0.717) is 27.9 Å². The zero-order valence-electron chi connectivity index (χ0n) is 16.1. The van der Waals surface area contributed by atoms with Gasteiger partial charge in [0.25, 0.3) is 11.8 Å². The van der Waals surface area contributed by atoms with Crippen LogP contribution in [0.5, 0.6) is 0 Å². The Hall–Kier alpha value is -2.59. The minimum Gasteiger partial charge on any atom is -0.366 e. The minimum atomic E-state index is -0.268. The van der Waals surface area contributed by atoms with Crippen LogP contribution in [-0.4, -0.2) is 29.8 Å². The molecule has 2 amide bonds. The molecule has 4 rings (SSSR count). The molecule has 2 aromatic rings. The Labute approximate surface area is 170 Å². The van der Waals surface area contributed by atoms with Crippen molar-refractivity contribution in [1.29, 1.82) is 0 Å². The van der Waals surface area contributed by atoms with Crippen LogP contribution in [0.4, 0.5) is 5.69 Å². The summed E-state index contributed by atoms with van der Waals surface area (Å²) in [5, 5.41) is 0.602. The molecule has 0 saturated carbocycles. The number of halogens is 1. The van der Waals surface area contributed by atoms with E-state index < -0.39 is 0 Å². The highest BCUT2D eigenvalue weighted by Gasteiger charge is 2.43. The van der Waals surface area contributed by atoms with Gasteiger partial charge >= 0.3 is 0 Å². The van der Waals surface area contributed by atoms with Crippen LogP contribution in [0.1, 0.15) is 30.9 Å². The molecule has 0 spiro atoms. The molecule has 0 aromatic heterocycles. The molecule has 2 aromatic carbocycles. The molecule has 2 aliphatic heterocycles.